The second-order valence-electron chi connectivity index (χ2n) is 4.50. The Morgan fingerprint density at radius 3 is 1.27 bits per heavy atom. The van der Waals surface area contributed by atoms with Gasteiger partial charge in [-0.2, -0.15) is 0 Å². The highest BCUT2D eigenvalue weighted by atomic mass is 16.5. The lowest BCUT2D eigenvalue weighted by Crippen LogP contribution is -2.17. The van der Waals surface area contributed by atoms with Crippen molar-refractivity contribution in [1.82, 2.24) is 0 Å². The van der Waals surface area contributed by atoms with E-state index in [-0.39, 0.29) is 35.5 Å². The molecule has 0 aromatic heterocycles. The third-order valence-corrected chi connectivity index (χ3v) is 2.91. The molecule has 0 N–H and O–H groups in total. The highest BCUT2D eigenvalue weighted by Crippen LogP contribution is 2.21. The number of Topliss-reactive ketones (excluding diaryl/α,β-unsaturated/α-hetero) is 2. The van der Waals surface area contributed by atoms with Gasteiger partial charge in [0.15, 0.2) is 11.6 Å². The molecule has 0 atom stereocenters. The SMILES string of the molecule is CCOC(=O)c1cc(C(C)=O)c(C(=O)OCC)cc1C(C)=O. The van der Waals surface area contributed by atoms with Gasteiger partial charge < -0.3 is 9.47 Å². The zero-order chi connectivity index (χ0) is 16.9. The lowest BCUT2D eigenvalue weighted by molar-refractivity contribution is 0.0508. The van der Waals surface area contributed by atoms with E-state index in [0.29, 0.717) is 0 Å². The van der Waals surface area contributed by atoms with E-state index in [0.717, 1.165) is 0 Å². The predicted octanol–water partition coefficient (Wildman–Crippen LogP) is 2.45. The van der Waals surface area contributed by atoms with Gasteiger partial charge in [-0.25, -0.2) is 9.59 Å². The van der Waals surface area contributed by atoms with Gasteiger partial charge in [-0.15, -0.1) is 0 Å². The second-order valence-corrected chi connectivity index (χ2v) is 4.50. The van der Waals surface area contributed by atoms with Crippen molar-refractivity contribution in [3.8, 4) is 0 Å². The molecule has 0 radical (unpaired) electrons. The van der Waals surface area contributed by atoms with Crippen LogP contribution in [-0.4, -0.2) is 36.7 Å². The molecule has 1 rings (SSSR count). The maximum Gasteiger partial charge on any atom is 0.338 e. The van der Waals surface area contributed by atoms with E-state index in [1.54, 1.807) is 13.8 Å². The smallest absolute Gasteiger partial charge is 0.338 e. The van der Waals surface area contributed by atoms with Crippen molar-refractivity contribution in [2.24, 2.45) is 0 Å². The number of esters is 2. The number of hydrogen-bond acceptors (Lipinski definition) is 6. The van der Waals surface area contributed by atoms with E-state index in [4.69, 9.17) is 9.47 Å². The molecule has 1 aromatic rings. The molecule has 22 heavy (non-hydrogen) atoms. The van der Waals surface area contributed by atoms with Crippen LogP contribution < -0.4 is 0 Å². The summed E-state index contributed by atoms with van der Waals surface area (Å²) in [5, 5.41) is 0. The van der Waals surface area contributed by atoms with Crippen molar-refractivity contribution in [2.45, 2.75) is 27.7 Å². The van der Waals surface area contributed by atoms with Crippen LogP contribution in [0.3, 0.4) is 0 Å². The van der Waals surface area contributed by atoms with Gasteiger partial charge in [-0.1, -0.05) is 0 Å². The number of rotatable bonds is 6. The maximum absolute atomic E-state index is 11.9. The van der Waals surface area contributed by atoms with E-state index >= 15 is 0 Å². The van der Waals surface area contributed by atoms with Crippen LogP contribution in [0.5, 0.6) is 0 Å². The summed E-state index contributed by atoms with van der Waals surface area (Å²) in [5.74, 6) is -2.26. The molecule has 0 saturated heterocycles. The Kier molecular flexibility index (Phi) is 5.98. The fraction of sp³-hybridized carbons (Fsp3) is 0.375. The summed E-state index contributed by atoms with van der Waals surface area (Å²) < 4.78 is 9.77. The van der Waals surface area contributed by atoms with Crippen molar-refractivity contribution in [1.29, 1.82) is 0 Å². The van der Waals surface area contributed by atoms with E-state index < -0.39 is 23.5 Å². The Labute approximate surface area is 128 Å². The molecule has 0 spiro atoms. The van der Waals surface area contributed by atoms with Crippen molar-refractivity contribution >= 4 is 23.5 Å². The average molecular weight is 306 g/mol. The van der Waals surface area contributed by atoms with Crippen molar-refractivity contribution in [2.75, 3.05) is 13.2 Å². The molecule has 0 unspecified atom stereocenters. The van der Waals surface area contributed by atoms with Gasteiger partial charge in [0.05, 0.1) is 24.3 Å². The monoisotopic (exact) mass is 306 g/mol. The zero-order valence-electron chi connectivity index (χ0n) is 13.0. The minimum Gasteiger partial charge on any atom is -0.462 e. The summed E-state index contributed by atoms with van der Waals surface area (Å²) in [4.78, 5) is 47.4. The number of benzene rings is 1. The van der Waals surface area contributed by atoms with Crippen LogP contribution in [0.2, 0.25) is 0 Å². The van der Waals surface area contributed by atoms with E-state index in [9.17, 15) is 19.2 Å². The lowest BCUT2D eigenvalue weighted by atomic mass is 9.94. The summed E-state index contributed by atoms with van der Waals surface area (Å²) in [6.45, 7) is 6.05. The molecule has 6 heteroatoms. The van der Waals surface area contributed by atoms with Gasteiger partial charge in [0.2, 0.25) is 0 Å². The molecule has 0 aliphatic rings. The van der Waals surface area contributed by atoms with Crippen LogP contribution in [0.1, 0.15) is 69.1 Å². The summed E-state index contributed by atoms with van der Waals surface area (Å²) in [5.41, 5.74) is -0.0294. The first kappa shape index (κ1) is 17.6. The first-order valence-electron chi connectivity index (χ1n) is 6.87. The average Bonchev–Trinajstić information content (AvgIpc) is 2.46. The molecule has 0 heterocycles. The Morgan fingerprint density at radius 2 is 1.05 bits per heavy atom. The van der Waals surface area contributed by atoms with Crippen LogP contribution in [0.4, 0.5) is 0 Å². The molecule has 0 fully saturated rings. The summed E-state index contributed by atoms with van der Waals surface area (Å²) >= 11 is 0. The van der Waals surface area contributed by atoms with Crippen LogP contribution in [-0.2, 0) is 9.47 Å². The normalized spacial score (nSPS) is 10.0. The minimum atomic E-state index is -0.717. The summed E-state index contributed by atoms with van der Waals surface area (Å²) in [6.07, 6.45) is 0. The molecule has 0 bridgehead atoms. The number of carbonyl (C=O) groups excluding carboxylic acids is 4. The van der Waals surface area contributed by atoms with Crippen molar-refractivity contribution in [3.63, 3.8) is 0 Å². The summed E-state index contributed by atoms with van der Waals surface area (Å²) in [7, 11) is 0. The first-order chi connectivity index (χ1) is 10.3. The Hall–Kier alpha value is -2.50. The highest BCUT2D eigenvalue weighted by molar-refractivity contribution is 6.12. The van der Waals surface area contributed by atoms with Gasteiger partial charge >= 0.3 is 11.9 Å². The molecule has 0 saturated carbocycles. The Bertz CT molecular complexity index is 574. The standard InChI is InChI=1S/C16H18O6/c1-5-21-15(19)13-7-12(10(4)18)14(16(20)22-6-2)8-11(13)9(3)17/h7-8H,5-6H2,1-4H3. The fourth-order valence-corrected chi connectivity index (χ4v) is 1.94. The van der Waals surface area contributed by atoms with E-state index in [2.05, 4.69) is 0 Å². The Balaban J connectivity index is 3.57. The molecule has 6 nitrogen and oxygen atoms in total. The zero-order valence-corrected chi connectivity index (χ0v) is 13.0. The second kappa shape index (κ2) is 7.49. The van der Waals surface area contributed by atoms with Crippen LogP contribution in [0.15, 0.2) is 12.1 Å². The van der Waals surface area contributed by atoms with Gasteiger partial charge in [0.1, 0.15) is 0 Å². The van der Waals surface area contributed by atoms with Crippen LogP contribution >= 0.6 is 0 Å². The molecular weight excluding hydrogens is 288 g/mol. The van der Waals surface area contributed by atoms with E-state index in [1.165, 1.54) is 26.0 Å². The minimum absolute atomic E-state index is 0.0199. The van der Waals surface area contributed by atoms with Crippen LogP contribution in [0.25, 0.3) is 0 Å². The van der Waals surface area contributed by atoms with Gasteiger partial charge in [-0.3, -0.25) is 9.59 Å². The number of carbonyl (C=O) groups is 4. The molecule has 1 aromatic carbocycles. The van der Waals surface area contributed by atoms with Gasteiger partial charge in [0.25, 0.3) is 0 Å². The number of hydrogen-bond donors (Lipinski definition) is 0. The third-order valence-electron chi connectivity index (χ3n) is 2.91. The van der Waals surface area contributed by atoms with Crippen LogP contribution in [0, 0.1) is 0 Å². The molecule has 0 aliphatic heterocycles. The highest BCUT2D eigenvalue weighted by Gasteiger charge is 2.24. The molecule has 0 amide bonds. The van der Waals surface area contributed by atoms with E-state index in [1.807, 2.05) is 0 Å². The molecule has 118 valence electrons. The van der Waals surface area contributed by atoms with Gasteiger partial charge in [-0.05, 0) is 39.8 Å². The number of ether oxygens (including phenoxy) is 2. The summed E-state index contributed by atoms with van der Waals surface area (Å²) in [6, 6.07) is 2.42. The largest absolute Gasteiger partial charge is 0.462 e. The molecular formula is C16H18O6. The number of ketones is 2. The Morgan fingerprint density at radius 1 is 0.727 bits per heavy atom. The quantitative estimate of drug-likeness (QED) is 0.592. The fourth-order valence-electron chi connectivity index (χ4n) is 1.94. The maximum atomic E-state index is 11.9. The van der Waals surface area contributed by atoms with Gasteiger partial charge in [0, 0.05) is 11.1 Å². The first-order valence-corrected chi connectivity index (χ1v) is 6.87. The van der Waals surface area contributed by atoms with Crippen molar-refractivity contribution < 1.29 is 28.7 Å². The third kappa shape index (κ3) is 3.78. The topological polar surface area (TPSA) is 86.7 Å². The predicted molar refractivity (Wildman–Crippen MR) is 78.4 cm³/mol. The molecule has 0 aliphatic carbocycles. The van der Waals surface area contributed by atoms with Crippen molar-refractivity contribution in [3.05, 3.63) is 34.4 Å². The lowest BCUT2D eigenvalue weighted by Gasteiger charge is -2.12.